The molecule has 0 atom stereocenters. The van der Waals surface area contributed by atoms with Crippen LogP contribution in [0.4, 0.5) is 0 Å². The zero-order valence-electron chi connectivity index (χ0n) is 9.77. The molecule has 2 aromatic rings. The molecule has 90 valence electrons. The first kappa shape index (κ1) is 12.2. The number of halogens is 1. The highest BCUT2D eigenvalue weighted by Gasteiger charge is 2.03. The second-order valence-electron chi connectivity index (χ2n) is 4.03. The summed E-state index contributed by atoms with van der Waals surface area (Å²) in [5.74, 6) is 0. The topological polar surface area (TPSA) is 26.9 Å². The summed E-state index contributed by atoms with van der Waals surface area (Å²) in [6, 6.07) is 8.01. The van der Waals surface area contributed by atoms with Gasteiger partial charge in [0.25, 0.3) is 0 Å². The van der Waals surface area contributed by atoms with Gasteiger partial charge in [-0.25, -0.2) is 4.79 Å². The van der Waals surface area contributed by atoms with E-state index in [9.17, 15) is 4.79 Å². The van der Waals surface area contributed by atoms with Crippen LogP contribution in [0, 0.1) is 0 Å². The van der Waals surface area contributed by atoms with Gasteiger partial charge in [-0.2, -0.15) is 0 Å². The molecule has 2 rings (SSSR count). The predicted molar refractivity (Wildman–Crippen MR) is 72.2 cm³/mol. The molecule has 17 heavy (non-hydrogen) atoms. The van der Waals surface area contributed by atoms with Crippen LogP contribution >= 0.6 is 15.9 Å². The van der Waals surface area contributed by atoms with E-state index in [4.69, 9.17) is 0 Å². The van der Waals surface area contributed by atoms with E-state index in [0.29, 0.717) is 6.54 Å². The number of rotatable bonds is 4. The maximum absolute atomic E-state index is 12.0. The number of hydrogen-bond donors (Lipinski definition) is 0. The fraction of sp³-hybridized carbons (Fsp3) is 0.308. The standard InChI is InChI=1S/C13H15BrN2O/c1-2-6-15-7-8-16(13(15)17)10-11-4-3-5-12(14)9-11/h3-5,7-9H,2,6,10H2,1H3. The van der Waals surface area contributed by atoms with E-state index in [2.05, 4.69) is 22.9 Å². The zero-order valence-corrected chi connectivity index (χ0v) is 11.4. The van der Waals surface area contributed by atoms with Crippen LogP contribution in [0.15, 0.2) is 45.9 Å². The maximum Gasteiger partial charge on any atom is 0.328 e. The van der Waals surface area contributed by atoms with Crippen molar-refractivity contribution in [1.82, 2.24) is 9.13 Å². The van der Waals surface area contributed by atoms with Crippen molar-refractivity contribution in [2.45, 2.75) is 26.4 Å². The van der Waals surface area contributed by atoms with Crippen LogP contribution in [0.3, 0.4) is 0 Å². The summed E-state index contributed by atoms with van der Waals surface area (Å²) >= 11 is 3.43. The third-order valence-corrected chi connectivity index (χ3v) is 3.12. The van der Waals surface area contributed by atoms with Gasteiger partial charge in [0.2, 0.25) is 0 Å². The predicted octanol–water partition coefficient (Wildman–Crippen LogP) is 2.87. The Morgan fingerprint density at radius 3 is 2.71 bits per heavy atom. The van der Waals surface area contributed by atoms with Gasteiger partial charge in [0, 0.05) is 23.4 Å². The Morgan fingerprint density at radius 2 is 2.00 bits per heavy atom. The number of imidazole rings is 1. The van der Waals surface area contributed by atoms with E-state index in [-0.39, 0.29) is 5.69 Å². The molecule has 1 aromatic carbocycles. The van der Waals surface area contributed by atoms with Crippen molar-refractivity contribution >= 4 is 15.9 Å². The zero-order chi connectivity index (χ0) is 12.3. The average Bonchev–Trinajstić information content (AvgIpc) is 2.62. The molecular formula is C13H15BrN2O. The molecule has 0 fully saturated rings. The summed E-state index contributed by atoms with van der Waals surface area (Å²) in [5.41, 5.74) is 1.18. The summed E-state index contributed by atoms with van der Waals surface area (Å²) in [5, 5.41) is 0. The van der Waals surface area contributed by atoms with Crippen molar-refractivity contribution in [3.8, 4) is 0 Å². The first-order valence-corrected chi connectivity index (χ1v) is 6.50. The van der Waals surface area contributed by atoms with E-state index in [1.165, 1.54) is 0 Å². The summed E-state index contributed by atoms with van der Waals surface area (Å²) < 4.78 is 4.52. The van der Waals surface area contributed by atoms with Crippen molar-refractivity contribution in [3.63, 3.8) is 0 Å². The molecule has 1 heterocycles. The van der Waals surface area contributed by atoms with E-state index < -0.39 is 0 Å². The van der Waals surface area contributed by atoms with Crippen molar-refractivity contribution in [2.24, 2.45) is 0 Å². The smallest absolute Gasteiger partial charge is 0.299 e. The lowest BCUT2D eigenvalue weighted by Gasteiger charge is -2.02. The Morgan fingerprint density at radius 1 is 1.24 bits per heavy atom. The fourth-order valence-corrected chi connectivity index (χ4v) is 2.26. The fourth-order valence-electron chi connectivity index (χ4n) is 1.82. The highest BCUT2D eigenvalue weighted by molar-refractivity contribution is 9.10. The van der Waals surface area contributed by atoms with Crippen LogP contribution in [0.2, 0.25) is 0 Å². The number of benzene rings is 1. The van der Waals surface area contributed by atoms with Crippen LogP contribution < -0.4 is 5.69 Å². The van der Waals surface area contributed by atoms with Gasteiger partial charge in [0.1, 0.15) is 0 Å². The molecule has 0 radical (unpaired) electrons. The Kier molecular flexibility index (Phi) is 3.84. The molecule has 1 aromatic heterocycles. The summed E-state index contributed by atoms with van der Waals surface area (Å²) in [6.45, 7) is 3.47. The van der Waals surface area contributed by atoms with Crippen molar-refractivity contribution < 1.29 is 0 Å². The van der Waals surface area contributed by atoms with Gasteiger partial charge in [-0.15, -0.1) is 0 Å². The van der Waals surface area contributed by atoms with Gasteiger partial charge < -0.3 is 0 Å². The van der Waals surface area contributed by atoms with Crippen LogP contribution in [-0.4, -0.2) is 9.13 Å². The second-order valence-corrected chi connectivity index (χ2v) is 4.95. The number of aromatic nitrogens is 2. The normalized spacial score (nSPS) is 10.7. The largest absolute Gasteiger partial charge is 0.328 e. The molecule has 0 saturated carbocycles. The molecule has 0 aliphatic carbocycles. The lowest BCUT2D eigenvalue weighted by molar-refractivity contribution is 0.624. The summed E-state index contributed by atoms with van der Waals surface area (Å²) in [7, 11) is 0. The van der Waals surface area contributed by atoms with Crippen LogP contribution in [0.1, 0.15) is 18.9 Å². The van der Waals surface area contributed by atoms with Crippen molar-refractivity contribution in [3.05, 3.63) is 57.2 Å². The Bertz CT molecular complexity index is 557. The third kappa shape index (κ3) is 2.88. The van der Waals surface area contributed by atoms with Gasteiger partial charge in [0.05, 0.1) is 6.54 Å². The Balaban J connectivity index is 2.22. The second kappa shape index (κ2) is 5.36. The van der Waals surface area contributed by atoms with Gasteiger partial charge >= 0.3 is 5.69 Å². The van der Waals surface area contributed by atoms with Crippen molar-refractivity contribution in [1.29, 1.82) is 0 Å². The molecule has 4 heteroatoms. The Hall–Kier alpha value is -1.29. The van der Waals surface area contributed by atoms with E-state index in [0.717, 1.165) is 23.0 Å². The van der Waals surface area contributed by atoms with E-state index >= 15 is 0 Å². The molecule has 0 unspecified atom stereocenters. The molecule has 0 bridgehead atoms. The average molecular weight is 295 g/mol. The molecule has 0 saturated heterocycles. The third-order valence-electron chi connectivity index (χ3n) is 2.62. The van der Waals surface area contributed by atoms with Crippen LogP contribution in [-0.2, 0) is 13.1 Å². The molecule has 0 aliphatic rings. The number of nitrogens with zero attached hydrogens (tertiary/aromatic N) is 2. The minimum Gasteiger partial charge on any atom is -0.299 e. The first-order chi connectivity index (χ1) is 8.20. The van der Waals surface area contributed by atoms with Gasteiger partial charge in [-0.1, -0.05) is 35.0 Å². The molecule has 0 amide bonds. The first-order valence-electron chi connectivity index (χ1n) is 5.70. The molecule has 0 spiro atoms. The molecular weight excluding hydrogens is 280 g/mol. The number of hydrogen-bond acceptors (Lipinski definition) is 1. The van der Waals surface area contributed by atoms with Crippen LogP contribution in [0.5, 0.6) is 0 Å². The lowest BCUT2D eigenvalue weighted by Crippen LogP contribution is -2.24. The minimum absolute atomic E-state index is 0.0619. The molecule has 0 N–H and O–H groups in total. The van der Waals surface area contributed by atoms with Crippen molar-refractivity contribution in [2.75, 3.05) is 0 Å². The lowest BCUT2D eigenvalue weighted by atomic mass is 10.2. The highest BCUT2D eigenvalue weighted by atomic mass is 79.9. The SMILES string of the molecule is CCCn1ccn(Cc2cccc(Br)c2)c1=O. The van der Waals surface area contributed by atoms with E-state index in [1.807, 2.05) is 36.7 Å². The Labute approximate surface area is 109 Å². The van der Waals surface area contributed by atoms with Gasteiger partial charge in [0.15, 0.2) is 0 Å². The van der Waals surface area contributed by atoms with E-state index in [1.54, 1.807) is 9.13 Å². The maximum atomic E-state index is 12.0. The molecule has 0 aliphatic heterocycles. The minimum atomic E-state index is 0.0619. The molecule has 3 nitrogen and oxygen atoms in total. The number of aryl methyl sites for hydroxylation is 1. The quantitative estimate of drug-likeness (QED) is 0.852. The van der Waals surface area contributed by atoms with Crippen LogP contribution in [0.25, 0.3) is 0 Å². The van der Waals surface area contributed by atoms with Gasteiger partial charge in [-0.3, -0.25) is 9.13 Å². The summed E-state index contributed by atoms with van der Waals surface area (Å²) in [6.07, 6.45) is 4.67. The van der Waals surface area contributed by atoms with Gasteiger partial charge in [-0.05, 0) is 24.1 Å². The monoisotopic (exact) mass is 294 g/mol. The highest BCUT2D eigenvalue weighted by Crippen LogP contribution is 2.12. The summed E-state index contributed by atoms with van der Waals surface area (Å²) in [4.78, 5) is 12.0.